The first-order valence-corrected chi connectivity index (χ1v) is 9.65. The maximum Gasteiger partial charge on any atom is 0.258 e. The smallest absolute Gasteiger partial charge is 0.258 e. The van der Waals surface area contributed by atoms with Crippen LogP contribution in [-0.2, 0) is 9.53 Å². The molecule has 0 N–H and O–H groups in total. The molecule has 0 radical (unpaired) electrons. The van der Waals surface area contributed by atoms with Crippen LogP contribution in [0.25, 0.3) is 0 Å². The number of benzene rings is 1. The molecule has 8 heteroatoms. The average Bonchev–Trinajstić information content (AvgIpc) is 2.85. The van der Waals surface area contributed by atoms with Crippen LogP contribution >= 0.6 is 11.6 Å². The quantitative estimate of drug-likeness (QED) is 0.761. The number of likely N-dealkylation sites (tertiary alicyclic amines) is 1. The first-order chi connectivity index (χ1) is 13.0. The lowest BCUT2D eigenvalue weighted by Crippen LogP contribution is -2.44. The van der Waals surface area contributed by atoms with E-state index in [4.69, 9.17) is 16.3 Å². The van der Waals surface area contributed by atoms with Crippen molar-refractivity contribution in [3.8, 4) is 0 Å². The minimum absolute atomic E-state index is 0.0738. The molecule has 3 rings (SSSR count). The largest absolute Gasteiger partial charge is 0.383 e. The van der Waals surface area contributed by atoms with Gasteiger partial charge in [0.15, 0.2) is 0 Å². The van der Waals surface area contributed by atoms with E-state index in [0.29, 0.717) is 32.8 Å². The lowest BCUT2D eigenvalue weighted by atomic mass is 10.1. The average molecular weight is 398 g/mol. The normalized spacial score (nSPS) is 21.6. The van der Waals surface area contributed by atoms with Crippen molar-refractivity contribution in [1.29, 1.82) is 0 Å². The molecule has 1 aromatic rings. The Kier molecular flexibility index (Phi) is 6.68. The lowest BCUT2D eigenvalue weighted by molar-refractivity contribution is -0.132. The molecule has 1 unspecified atom stereocenters. The van der Waals surface area contributed by atoms with Gasteiger partial charge in [-0.1, -0.05) is 17.7 Å². The van der Waals surface area contributed by atoms with Gasteiger partial charge in [0.25, 0.3) is 5.91 Å². The van der Waals surface area contributed by atoms with Gasteiger partial charge in [0.2, 0.25) is 5.91 Å². The van der Waals surface area contributed by atoms with Crippen molar-refractivity contribution >= 4 is 23.4 Å². The molecular formula is C19H25ClFN3O3. The zero-order valence-corrected chi connectivity index (χ0v) is 16.3. The summed E-state index contributed by atoms with van der Waals surface area (Å²) in [6, 6.07) is 4.11. The number of halogens is 2. The number of ether oxygens (including phenoxy) is 1. The van der Waals surface area contributed by atoms with Gasteiger partial charge in [-0.3, -0.25) is 14.5 Å². The van der Waals surface area contributed by atoms with Crippen LogP contribution < -0.4 is 0 Å². The standard InChI is InChI=1S/C19H25ClFN3O3/c1-27-13-12-24-9-6-16(18(24)25)22-7-3-8-23(11-10-22)19(26)17-14(20)4-2-5-15(17)21/h2,4-5,16H,3,6-13H2,1H3. The number of carbonyl (C=O) groups excluding carboxylic acids is 2. The van der Waals surface area contributed by atoms with E-state index >= 15 is 0 Å². The second-order valence-corrected chi connectivity index (χ2v) is 7.31. The summed E-state index contributed by atoms with van der Waals surface area (Å²) in [7, 11) is 1.63. The van der Waals surface area contributed by atoms with E-state index in [0.717, 1.165) is 25.9 Å². The first kappa shape index (κ1) is 20.0. The predicted molar refractivity (Wildman–Crippen MR) is 100 cm³/mol. The van der Waals surface area contributed by atoms with Crippen molar-refractivity contribution in [1.82, 2.24) is 14.7 Å². The summed E-state index contributed by atoms with van der Waals surface area (Å²) in [4.78, 5) is 31.0. The molecule has 1 atom stereocenters. The third-order valence-corrected chi connectivity index (χ3v) is 5.58. The summed E-state index contributed by atoms with van der Waals surface area (Å²) in [5.41, 5.74) is -0.0738. The van der Waals surface area contributed by atoms with Crippen molar-refractivity contribution in [2.45, 2.75) is 18.9 Å². The van der Waals surface area contributed by atoms with Crippen LogP contribution in [-0.4, -0.2) is 85.5 Å². The molecule has 2 aliphatic heterocycles. The Balaban J connectivity index is 1.63. The molecule has 6 nitrogen and oxygen atoms in total. The van der Waals surface area contributed by atoms with Crippen LogP contribution in [0.2, 0.25) is 5.02 Å². The van der Waals surface area contributed by atoms with Gasteiger partial charge < -0.3 is 14.5 Å². The van der Waals surface area contributed by atoms with Crippen LogP contribution in [0.4, 0.5) is 4.39 Å². The van der Waals surface area contributed by atoms with Crippen molar-refractivity contribution in [2.24, 2.45) is 0 Å². The summed E-state index contributed by atoms with van der Waals surface area (Å²) in [5.74, 6) is -0.864. The molecule has 2 aliphatic rings. The topological polar surface area (TPSA) is 53.1 Å². The zero-order chi connectivity index (χ0) is 19.4. The van der Waals surface area contributed by atoms with E-state index < -0.39 is 5.82 Å². The predicted octanol–water partition coefficient (Wildman–Crippen LogP) is 1.87. The summed E-state index contributed by atoms with van der Waals surface area (Å²) in [5, 5.41) is 0.126. The Bertz CT molecular complexity index is 683. The Morgan fingerprint density at radius 2 is 2.07 bits per heavy atom. The van der Waals surface area contributed by atoms with Crippen LogP contribution in [0.15, 0.2) is 18.2 Å². The van der Waals surface area contributed by atoms with Gasteiger partial charge in [-0.2, -0.15) is 0 Å². The second-order valence-electron chi connectivity index (χ2n) is 6.90. The lowest BCUT2D eigenvalue weighted by Gasteiger charge is -2.26. The van der Waals surface area contributed by atoms with Crippen molar-refractivity contribution < 1.29 is 18.7 Å². The SMILES string of the molecule is COCCN1CCC(N2CCCN(C(=O)c3c(F)cccc3Cl)CC2)C1=O. The fraction of sp³-hybridized carbons (Fsp3) is 0.579. The number of hydrogen-bond donors (Lipinski definition) is 0. The molecule has 0 spiro atoms. The monoisotopic (exact) mass is 397 g/mol. The number of hydrogen-bond acceptors (Lipinski definition) is 4. The van der Waals surface area contributed by atoms with E-state index in [1.54, 1.807) is 12.0 Å². The maximum atomic E-state index is 14.1. The van der Waals surface area contributed by atoms with Gasteiger partial charge in [-0.05, 0) is 25.0 Å². The summed E-state index contributed by atoms with van der Waals surface area (Å²) < 4.78 is 19.1. The molecule has 148 valence electrons. The number of nitrogens with zero attached hydrogens (tertiary/aromatic N) is 3. The summed E-state index contributed by atoms with van der Waals surface area (Å²) in [6.07, 6.45) is 1.52. The van der Waals surface area contributed by atoms with Gasteiger partial charge in [0.05, 0.1) is 23.2 Å². The van der Waals surface area contributed by atoms with Gasteiger partial charge >= 0.3 is 0 Å². The molecule has 2 saturated heterocycles. The summed E-state index contributed by atoms with van der Waals surface area (Å²) in [6.45, 7) is 4.17. The van der Waals surface area contributed by atoms with Crippen LogP contribution in [0.5, 0.6) is 0 Å². The highest BCUT2D eigenvalue weighted by atomic mass is 35.5. The molecule has 2 fully saturated rings. The Morgan fingerprint density at radius 1 is 1.26 bits per heavy atom. The Labute approximate surface area is 163 Å². The number of amides is 2. The zero-order valence-electron chi connectivity index (χ0n) is 15.5. The molecule has 0 saturated carbocycles. The highest BCUT2D eigenvalue weighted by Crippen LogP contribution is 2.23. The number of methoxy groups -OCH3 is 1. The van der Waals surface area contributed by atoms with Crippen molar-refractivity contribution in [2.75, 3.05) is 53.0 Å². The molecule has 2 amide bonds. The van der Waals surface area contributed by atoms with Gasteiger partial charge in [-0.15, -0.1) is 0 Å². The third-order valence-electron chi connectivity index (χ3n) is 5.27. The summed E-state index contributed by atoms with van der Waals surface area (Å²) >= 11 is 6.04. The van der Waals surface area contributed by atoms with E-state index in [1.165, 1.54) is 18.2 Å². The van der Waals surface area contributed by atoms with E-state index in [1.807, 2.05) is 4.90 Å². The van der Waals surface area contributed by atoms with Crippen molar-refractivity contribution in [3.63, 3.8) is 0 Å². The molecule has 0 aliphatic carbocycles. The molecule has 0 bridgehead atoms. The Morgan fingerprint density at radius 3 is 2.81 bits per heavy atom. The van der Waals surface area contributed by atoms with Crippen LogP contribution in [0.1, 0.15) is 23.2 Å². The molecule has 2 heterocycles. The van der Waals surface area contributed by atoms with Gasteiger partial charge in [0.1, 0.15) is 5.82 Å². The molecular weight excluding hydrogens is 373 g/mol. The van der Waals surface area contributed by atoms with Gasteiger partial charge in [-0.25, -0.2) is 4.39 Å². The third kappa shape index (κ3) is 4.42. The fourth-order valence-corrected chi connectivity index (χ4v) is 4.04. The van der Waals surface area contributed by atoms with Crippen LogP contribution in [0.3, 0.4) is 0 Å². The number of rotatable bonds is 5. The van der Waals surface area contributed by atoms with Crippen molar-refractivity contribution in [3.05, 3.63) is 34.6 Å². The molecule has 27 heavy (non-hydrogen) atoms. The minimum atomic E-state index is -0.603. The van der Waals surface area contributed by atoms with E-state index in [2.05, 4.69) is 4.90 Å². The minimum Gasteiger partial charge on any atom is -0.383 e. The maximum absolute atomic E-state index is 14.1. The van der Waals surface area contributed by atoms with Crippen LogP contribution in [0, 0.1) is 5.82 Å². The fourth-order valence-electron chi connectivity index (χ4n) is 3.80. The van der Waals surface area contributed by atoms with Gasteiger partial charge in [0, 0.05) is 46.4 Å². The van der Waals surface area contributed by atoms with E-state index in [9.17, 15) is 14.0 Å². The van der Waals surface area contributed by atoms with E-state index in [-0.39, 0.29) is 28.4 Å². The molecule has 1 aromatic carbocycles. The second kappa shape index (κ2) is 8.99. The molecule has 0 aromatic heterocycles. The highest BCUT2D eigenvalue weighted by Gasteiger charge is 2.36. The first-order valence-electron chi connectivity index (χ1n) is 9.28. The number of carbonyl (C=O) groups is 2. The highest BCUT2D eigenvalue weighted by molar-refractivity contribution is 6.33. The Hall–Kier alpha value is -1.70.